The lowest BCUT2D eigenvalue weighted by atomic mass is 10.0. The predicted octanol–water partition coefficient (Wildman–Crippen LogP) is 1.83. The van der Waals surface area contributed by atoms with Gasteiger partial charge in [-0.05, 0) is 43.7 Å². The molecule has 5 heteroatoms. The molecule has 1 aromatic rings. The molecule has 104 valence electrons. The van der Waals surface area contributed by atoms with Crippen LogP contribution in [0.5, 0.6) is 0 Å². The van der Waals surface area contributed by atoms with Crippen LogP contribution in [-0.4, -0.2) is 35.8 Å². The van der Waals surface area contributed by atoms with Crippen molar-refractivity contribution in [2.45, 2.75) is 26.2 Å². The molecule has 0 bridgehead atoms. The Bertz CT molecular complexity index is 444. The summed E-state index contributed by atoms with van der Waals surface area (Å²) in [5.74, 6) is 0.204. The number of nitrogens with one attached hydrogen (secondary N) is 1. The Morgan fingerprint density at radius 3 is 3.00 bits per heavy atom. The van der Waals surface area contributed by atoms with E-state index in [4.69, 9.17) is 9.84 Å². The van der Waals surface area contributed by atoms with Gasteiger partial charge in [-0.1, -0.05) is 0 Å². The topological polar surface area (TPSA) is 71.5 Å². The second kappa shape index (κ2) is 6.02. The number of hydrogen-bond donors (Lipinski definition) is 2. The second-order valence-electron chi connectivity index (χ2n) is 4.95. The van der Waals surface area contributed by atoms with Crippen LogP contribution in [0.2, 0.25) is 0 Å². The van der Waals surface area contributed by atoms with Gasteiger partial charge in [-0.15, -0.1) is 0 Å². The van der Waals surface area contributed by atoms with E-state index in [1.165, 1.54) is 0 Å². The number of aromatic nitrogens is 1. The maximum absolute atomic E-state index is 11.8. The number of rotatable bonds is 7. The standard InChI is InChI=1S/C14H20N2O3/c1-2-19-13(18)11-4-3-8-15-12(11)16-10-14(5-6-14)7-9-17/h3-4,8,17H,2,5-7,9-10H2,1H3,(H,15,16). The van der Waals surface area contributed by atoms with Gasteiger partial charge in [0.25, 0.3) is 0 Å². The molecule has 0 saturated heterocycles. The number of nitrogens with zero attached hydrogens (tertiary/aromatic N) is 1. The van der Waals surface area contributed by atoms with E-state index in [0.717, 1.165) is 25.8 Å². The third-order valence-electron chi connectivity index (χ3n) is 3.53. The highest BCUT2D eigenvalue weighted by atomic mass is 16.5. The van der Waals surface area contributed by atoms with Gasteiger partial charge < -0.3 is 15.2 Å². The van der Waals surface area contributed by atoms with Gasteiger partial charge in [0.05, 0.1) is 6.61 Å². The zero-order valence-corrected chi connectivity index (χ0v) is 11.2. The van der Waals surface area contributed by atoms with Crippen LogP contribution >= 0.6 is 0 Å². The number of aliphatic hydroxyl groups excluding tert-OH is 1. The van der Waals surface area contributed by atoms with E-state index >= 15 is 0 Å². The highest BCUT2D eigenvalue weighted by Crippen LogP contribution is 2.48. The van der Waals surface area contributed by atoms with Crippen molar-refractivity contribution in [3.63, 3.8) is 0 Å². The molecule has 2 N–H and O–H groups in total. The van der Waals surface area contributed by atoms with Crippen LogP contribution in [0.15, 0.2) is 18.3 Å². The average Bonchev–Trinajstić information content (AvgIpc) is 3.18. The van der Waals surface area contributed by atoms with E-state index in [-0.39, 0.29) is 18.0 Å². The Morgan fingerprint density at radius 2 is 2.37 bits per heavy atom. The lowest BCUT2D eigenvalue weighted by Gasteiger charge is -2.16. The Kier molecular flexibility index (Phi) is 4.37. The molecule has 1 aromatic heterocycles. The van der Waals surface area contributed by atoms with Crippen LogP contribution in [0, 0.1) is 5.41 Å². The van der Waals surface area contributed by atoms with E-state index in [9.17, 15) is 4.79 Å². The van der Waals surface area contributed by atoms with Crippen molar-refractivity contribution >= 4 is 11.8 Å². The summed E-state index contributed by atoms with van der Waals surface area (Å²) < 4.78 is 5.00. The number of anilines is 1. The van der Waals surface area contributed by atoms with Crippen LogP contribution in [0.3, 0.4) is 0 Å². The summed E-state index contributed by atoms with van der Waals surface area (Å²) >= 11 is 0. The van der Waals surface area contributed by atoms with Crippen LogP contribution in [-0.2, 0) is 4.74 Å². The SMILES string of the molecule is CCOC(=O)c1cccnc1NCC1(CCO)CC1. The highest BCUT2D eigenvalue weighted by molar-refractivity contribution is 5.94. The maximum atomic E-state index is 11.8. The molecule has 0 aromatic carbocycles. The fourth-order valence-corrected chi connectivity index (χ4v) is 2.12. The first kappa shape index (κ1) is 13.8. The summed E-state index contributed by atoms with van der Waals surface area (Å²) in [4.78, 5) is 16.0. The van der Waals surface area contributed by atoms with E-state index in [1.54, 1.807) is 25.3 Å². The first-order valence-corrected chi connectivity index (χ1v) is 6.68. The number of aliphatic hydroxyl groups is 1. The number of pyridine rings is 1. The number of carbonyl (C=O) groups is 1. The fraction of sp³-hybridized carbons (Fsp3) is 0.571. The fourth-order valence-electron chi connectivity index (χ4n) is 2.12. The van der Waals surface area contributed by atoms with E-state index in [1.807, 2.05) is 0 Å². The molecule has 1 aliphatic rings. The summed E-state index contributed by atoms with van der Waals surface area (Å²) in [7, 11) is 0. The average molecular weight is 264 g/mol. The predicted molar refractivity (Wildman–Crippen MR) is 72.1 cm³/mol. The minimum absolute atomic E-state index is 0.179. The van der Waals surface area contributed by atoms with Gasteiger partial charge in [-0.3, -0.25) is 0 Å². The van der Waals surface area contributed by atoms with Crippen molar-refractivity contribution in [3.8, 4) is 0 Å². The molecule has 2 rings (SSSR count). The summed E-state index contributed by atoms with van der Waals surface area (Å²) in [6.45, 7) is 3.06. The van der Waals surface area contributed by atoms with Crippen molar-refractivity contribution in [1.82, 2.24) is 4.98 Å². The second-order valence-corrected chi connectivity index (χ2v) is 4.95. The van der Waals surface area contributed by atoms with Gasteiger partial charge in [0.1, 0.15) is 11.4 Å². The van der Waals surface area contributed by atoms with Gasteiger partial charge in [0.15, 0.2) is 0 Å². The molecule has 0 spiro atoms. The van der Waals surface area contributed by atoms with E-state index in [0.29, 0.717) is 18.0 Å². The first-order chi connectivity index (χ1) is 9.21. The molecule has 0 amide bonds. The third-order valence-corrected chi connectivity index (χ3v) is 3.53. The maximum Gasteiger partial charge on any atom is 0.341 e. The van der Waals surface area contributed by atoms with Crippen LogP contribution in [0.25, 0.3) is 0 Å². The van der Waals surface area contributed by atoms with Gasteiger partial charge in [-0.25, -0.2) is 9.78 Å². The van der Waals surface area contributed by atoms with Gasteiger partial charge in [-0.2, -0.15) is 0 Å². The van der Waals surface area contributed by atoms with Crippen LogP contribution in [0.4, 0.5) is 5.82 Å². The normalized spacial score (nSPS) is 15.9. The Morgan fingerprint density at radius 1 is 1.58 bits per heavy atom. The number of carbonyl (C=O) groups excluding carboxylic acids is 1. The largest absolute Gasteiger partial charge is 0.462 e. The Balaban J connectivity index is 2.02. The molecule has 0 atom stereocenters. The molecule has 0 unspecified atom stereocenters. The molecule has 0 radical (unpaired) electrons. The molecule has 1 fully saturated rings. The summed E-state index contributed by atoms with van der Waals surface area (Å²) in [6.07, 6.45) is 4.67. The van der Waals surface area contributed by atoms with Gasteiger partial charge in [0, 0.05) is 19.3 Å². The number of hydrogen-bond acceptors (Lipinski definition) is 5. The zero-order valence-electron chi connectivity index (χ0n) is 11.2. The molecular weight excluding hydrogens is 244 g/mol. The van der Waals surface area contributed by atoms with Crippen molar-refractivity contribution in [2.24, 2.45) is 5.41 Å². The molecule has 19 heavy (non-hydrogen) atoms. The van der Waals surface area contributed by atoms with Crippen molar-refractivity contribution in [1.29, 1.82) is 0 Å². The van der Waals surface area contributed by atoms with Crippen molar-refractivity contribution < 1.29 is 14.6 Å². The summed E-state index contributed by atoms with van der Waals surface area (Å²) in [6, 6.07) is 3.43. The Hall–Kier alpha value is -1.62. The first-order valence-electron chi connectivity index (χ1n) is 6.68. The van der Waals surface area contributed by atoms with E-state index < -0.39 is 0 Å². The smallest absolute Gasteiger partial charge is 0.341 e. The molecule has 1 heterocycles. The number of esters is 1. The van der Waals surface area contributed by atoms with Crippen molar-refractivity contribution in [2.75, 3.05) is 25.1 Å². The zero-order chi connectivity index (χ0) is 13.7. The molecule has 5 nitrogen and oxygen atoms in total. The molecular formula is C14H20N2O3. The minimum Gasteiger partial charge on any atom is -0.462 e. The molecule has 0 aliphatic heterocycles. The quantitative estimate of drug-likeness (QED) is 0.735. The van der Waals surface area contributed by atoms with Crippen LogP contribution in [0.1, 0.15) is 36.5 Å². The summed E-state index contributed by atoms with van der Waals surface area (Å²) in [5.41, 5.74) is 0.641. The molecule has 1 aliphatic carbocycles. The lowest BCUT2D eigenvalue weighted by Crippen LogP contribution is -2.19. The van der Waals surface area contributed by atoms with Gasteiger partial charge >= 0.3 is 5.97 Å². The summed E-state index contributed by atoms with van der Waals surface area (Å²) in [5, 5.41) is 12.3. The van der Waals surface area contributed by atoms with Gasteiger partial charge in [0.2, 0.25) is 0 Å². The highest BCUT2D eigenvalue weighted by Gasteiger charge is 2.41. The third kappa shape index (κ3) is 3.44. The lowest BCUT2D eigenvalue weighted by molar-refractivity contribution is 0.0527. The van der Waals surface area contributed by atoms with E-state index in [2.05, 4.69) is 10.3 Å². The molecule has 1 saturated carbocycles. The Labute approximate surface area is 113 Å². The van der Waals surface area contributed by atoms with Crippen LogP contribution < -0.4 is 5.32 Å². The minimum atomic E-state index is -0.356. The van der Waals surface area contributed by atoms with Crippen molar-refractivity contribution in [3.05, 3.63) is 23.9 Å². The monoisotopic (exact) mass is 264 g/mol. The number of ether oxygens (including phenoxy) is 1.